The van der Waals surface area contributed by atoms with Crippen molar-refractivity contribution in [3.8, 4) is 0 Å². The number of aliphatic hydroxyl groups is 2. The fraction of sp³-hybridized carbons (Fsp3) is 0.312. The lowest BCUT2D eigenvalue weighted by atomic mass is 10.1. The van der Waals surface area contributed by atoms with Crippen LogP contribution in [0.15, 0.2) is 43.1 Å². The Kier molecular flexibility index (Phi) is 4.09. The summed E-state index contributed by atoms with van der Waals surface area (Å²) in [7, 11) is 0. The minimum absolute atomic E-state index is 0.191. The fourth-order valence-electron chi connectivity index (χ4n) is 2.82. The molecule has 4 rings (SSSR count). The molecule has 1 saturated heterocycles. The number of hydrogen-bond donors (Lipinski definition) is 3. The first kappa shape index (κ1) is 15.4. The Balaban J connectivity index is 1.62. The minimum Gasteiger partial charge on any atom is -0.390 e. The van der Waals surface area contributed by atoms with E-state index in [0.717, 1.165) is 11.3 Å². The second-order valence-electron chi connectivity index (χ2n) is 5.68. The number of thioether (sulfide) groups is 1. The van der Waals surface area contributed by atoms with E-state index in [2.05, 4.69) is 20.3 Å². The van der Waals surface area contributed by atoms with Gasteiger partial charge in [0.2, 0.25) is 0 Å². The molecule has 0 radical (unpaired) electrons. The summed E-state index contributed by atoms with van der Waals surface area (Å²) in [5.41, 5.74) is 2.62. The van der Waals surface area contributed by atoms with Crippen molar-refractivity contribution >= 4 is 23.2 Å². The second kappa shape index (κ2) is 6.39. The molecule has 0 aliphatic carbocycles. The fourth-order valence-corrected chi connectivity index (χ4v) is 4.15. The zero-order valence-electron chi connectivity index (χ0n) is 12.8. The third-order valence-electron chi connectivity index (χ3n) is 4.08. The van der Waals surface area contributed by atoms with E-state index in [-0.39, 0.29) is 5.25 Å². The Hall–Kier alpha value is -2.16. The molecule has 0 bridgehead atoms. The largest absolute Gasteiger partial charge is 0.390 e. The van der Waals surface area contributed by atoms with Crippen molar-refractivity contribution in [1.29, 1.82) is 0 Å². The maximum absolute atomic E-state index is 10.2. The van der Waals surface area contributed by atoms with Crippen LogP contribution in [0.3, 0.4) is 0 Å². The van der Waals surface area contributed by atoms with Gasteiger partial charge < -0.3 is 15.5 Å². The van der Waals surface area contributed by atoms with Gasteiger partial charge in [0.25, 0.3) is 0 Å². The highest BCUT2D eigenvalue weighted by atomic mass is 32.2. The van der Waals surface area contributed by atoms with E-state index in [0.29, 0.717) is 23.8 Å². The first-order valence-corrected chi connectivity index (χ1v) is 8.71. The van der Waals surface area contributed by atoms with Gasteiger partial charge in [-0.25, -0.2) is 9.97 Å². The van der Waals surface area contributed by atoms with Crippen molar-refractivity contribution in [1.82, 2.24) is 19.4 Å². The van der Waals surface area contributed by atoms with E-state index < -0.39 is 12.2 Å². The highest BCUT2D eigenvalue weighted by Crippen LogP contribution is 2.40. The summed E-state index contributed by atoms with van der Waals surface area (Å²) in [4.78, 5) is 12.9. The summed E-state index contributed by atoms with van der Waals surface area (Å²) in [6, 6.07) is 3.88. The normalized spacial score (nSPS) is 23.7. The number of aromatic nitrogens is 4. The first-order chi connectivity index (χ1) is 11.7. The second-order valence-corrected chi connectivity index (χ2v) is 6.85. The van der Waals surface area contributed by atoms with E-state index in [4.69, 9.17) is 0 Å². The van der Waals surface area contributed by atoms with Gasteiger partial charge in [0, 0.05) is 37.1 Å². The van der Waals surface area contributed by atoms with Gasteiger partial charge in [0.1, 0.15) is 0 Å². The molecule has 3 aromatic heterocycles. The molecule has 7 nitrogen and oxygen atoms in total. The van der Waals surface area contributed by atoms with Crippen LogP contribution in [0.5, 0.6) is 0 Å². The van der Waals surface area contributed by atoms with E-state index in [1.165, 1.54) is 11.8 Å². The van der Waals surface area contributed by atoms with Crippen molar-refractivity contribution < 1.29 is 10.2 Å². The lowest BCUT2D eigenvalue weighted by Crippen LogP contribution is -2.25. The molecule has 124 valence electrons. The molecule has 1 aliphatic heterocycles. The zero-order chi connectivity index (χ0) is 16.5. The molecule has 0 aromatic carbocycles. The van der Waals surface area contributed by atoms with Crippen LogP contribution in [0.2, 0.25) is 0 Å². The number of hydrogen-bond acceptors (Lipinski definition) is 7. The van der Waals surface area contributed by atoms with Crippen molar-refractivity contribution in [2.75, 3.05) is 11.1 Å². The first-order valence-electron chi connectivity index (χ1n) is 7.66. The van der Waals surface area contributed by atoms with Crippen molar-refractivity contribution in [2.24, 2.45) is 0 Å². The third-order valence-corrected chi connectivity index (χ3v) is 5.50. The van der Waals surface area contributed by atoms with E-state index >= 15 is 0 Å². The van der Waals surface area contributed by atoms with Crippen molar-refractivity contribution in [3.05, 3.63) is 54.4 Å². The van der Waals surface area contributed by atoms with Gasteiger partial charge in [-0.05, 0) is 11.6 Å². The number of imidazole rings is 1. The summed E-state index contributed by atoms with van der Waals surface area (Å²) >= 11 is 1.54. The van der Waals surface area contributed by atoms with Gasteiger partial charge in [0.05, 0.1) is 29.3 Å². The smallest absolute Gasteiger partial charge is 0.180 e. The van der Waals surface area contributed by atoms with Crippen LogP contribution < -0.4 is 5.32 Å². The SMILES string of the molecule is O[C@@H]1[C@H](O)CS[C@H]1c1cnc2c(NCc3cccnc3)nccn12. The molecule has 3 N–H and O–H groups in total. The summed E-state index contributed by atoms with van der Waals surface area (Å²) in [6.07, 6.45) is 7.33. The number of fused-ring (bicyclic) bond motifs is 1. The predicted molar refractivity (Wildman–Crippen MR) is 91.8 cm³/mol. The van der Waals surface area contributed by atoms with Crippen LogP contribution >= 0.6 is 11.8 Å². The summed E-state index contributed by atoms with van der Waals surface area (Å²) in [6.45, 7) is 0.599. The Morgan fingerprint density at radius 2 is 2.17 bits per heavy atom. The Morgan fingerprint density at radius 1 is 1.25 bits per heavy atom. The molecule has 1 aliphatic rings. The lowest BCUT2D eigenvalue weighted by molar-refractivity contribution is 0.0411. The van der Waals surface area contributed by atoms with Crippen molar-refractivity contribution in [3.63, 3.8) is 0 Å². The Bertz CT molecular complexity index is 841. The van der Waals surface area contributed by atoms with Crippen LogP contribution in [-0.4, -0.2) is 47.5 Å². The van der Waals surface area contributed by atoms with Crippen LogP contribution in [-0.2, 0) is 6.54 Å². The van der Waals surface area contributed by atoms with Crippen LogP contribution in [0.4, 0.5) is 5.82 Å². The molecule has 0 unspecified atom stereocenters. The van der Waals surface area contributed by atoms with Gasteiger partial charge in [-0.3, -0.25) is 9.38 Å². The van der Waals surface area contributed by atoms with Gasteiger partial charge >= 0.3 is 0 Å². The van der Waals surface area contributed by atoms with Crippen LogP contribution in [0, 0.1) is 0 Å². The number of nitrogens with zero attached hydrogens (tertiary/aromatic N) is 4. The number of aliphatic hydroxyl groups excluding tert-OH is 2. The van der Waals surface area contributed by atoms with E-state index in [9.17, 15) is 10.2 Å². The van der Waals surface area contributed by atoms with E-state index in [1.54, 1.807) is 24.8 Å². The van der Waals surface area contributed by atoms with Gasteiger partial charge in [-0.15, -0.1) is 11.8 Å². The highest BCUT2D eigenvalue weighted by Gasteiger charge is 2.37. The molecule has 8 heteroatoms. The van der Waals surface area contributed by atoms with Crippen molar-refractivity contribution in [2.45, 2.75) is 24.0 Å². The maximum atomic E-state index is 10.2. The molecule has 1 fully saturated rings. The lowest BCUT2D eigenvalue weighted by Gasteiger charge is -2.15. The summed E-state index contributed by atoms with van der Waals surface area (Å²) in [5, 5.41) is 23.0. The topological polar surface area (TPSA) is 95.6 Å². The molecule has 0 saturated carbocycles. The van der Waals surface area contributed by atoms with Crippen LogP contribution in [0.1, 0.15) is 16.5 Å². The molecular formula is C16H17N5O2S. The quantitative estimate of drug-likeness (QED) is 0.656. The molecule has 3 aromatic rings. The monoisotopic (exact) mass is 343 g/mol. The Labute approximate surface area is 142 Å². The maximum Gasteiger partial charge on any atom is 0.180 e. The molecule has 0 amide bonds. The number of pyridine rings is 1. The molecule has 24 heavy (non-hydrogen) atoms. The predicted octanol–water partition coefficient (Wildman–Crippen LogP) is 1.25. The highest BCUT2D eigenvalue weighted by molar-refractivity contribution is 7.99. The Morgan fingerprint density at radius 3 is 2.92 bits per heavy atom. The molecular weight excluding hydrogens is 326 g/mol. The van der Waals surface area contributed by atoms with Gasteiger partial charge in [0.15, 0.2) is 11.5 Å². The average molecular weight is 343 g/mol. The third kappa shape index (κ3) is 2.72. The minimum atomic E-state index is -0.783. The summed E-state index contributed by atoms with van der Waals surface area (Å²) < 4.78 is 1.91. The summed E-state index contributed by atoms with van der Waals surface area (Å²) in [5.74, 6) is 1.20. The van der Waals surface area contributed by atoms with Gasteiger partial charge in [-0.2, -0.15) is 0 Å². The molecule has 3 atom stereocenters. The number of nitrogens with one attached hydrogen (secondary N) is 1. The molecule has 4 heterocycles. The van der Waals surface area contributed by atoms with Gasteiger partial charge in [-0.1, -0.05) is 6.07 Å². The number of rotatable bonds is 4. The van der Waals surface area contributed by atoms with Crippen LogP contribution in [0.25, 0.3) is 5.65 Å². The standard InChI is InChI=1S/C16H17N5O2S/c22-12-9-24-14(13(12)23)11-8-20-16-15(18-4-5-21(11)16)19-7-10-2-1-3-17-6-10/h1-6,8,12-14,22-23H,7,9H2,(H,18,19)/t12-,13-,14+/m1/s1. The number of anilines is 1. The average Bonchev–Trinajstić information content (AvgIpc) is 3.18. The zero-order valence-corrected chi connectivity index (χ0v) is 13.6. The molecule has 0 spiro atoms. The van der Waals surface area contributed by atoms with E-state index in [1.807, 2.05) is 22.7 Å².